The van der Waals surface area contributed by atoms with Crippen LogP contribution in [-0.2, 0) is 30.5 Å². The molecule has 32 heavy (non-hydrogen) atoms. The van der Waals surface area contributed by atoms with Crippen LogP contribution in [0.2, 0.25) is 0 Å². The fraction of sp³-hybridized carbons (Fsp3) is 0.545. The Kier molecular flexibility index (Phi) is 6.17. The maximum atomic E-state index is 13.0. The van der Waals surface area contributed by atoms with E-state index >= 15 is 0 Å². The second-order valence-electron chi connectivity index (χ2n) is 8.79. The molecule has 0 unspecified atom stereocenters. The number of aliphatic hydroxyl groups is 1. The van der Waals surface area contributed by atoms with Crippen molar-refractivity contribution in [1.82, 2.24) is 14.7 Å². The fourth-order valence-electron chi connectivity index (χ4n) is 4.51. The van der Waals surface area contributed by atoms with Gasteiger partial charge in [-0.05, 0) is 19.4 Å². The number of hydrogen-bond acceptors (Lipinski definition) is 7. The maximum Gasteiger partial charge on any atom is 0.330 e. The summed E-state index contributed by atoms with van der Waals surface area (Å²) in [4.78, 5) is 54.0. The number of β-lactam (4-membered cyclic amide) rings is 1. The van der Waals surface area contributed by atoms with E-state index < -0.39 is 46.0 Å². The summed E-state index contributed by atoms with van der Waals surface area (Å²) in [7, 11) is 0. The molecule has 1 N–H and O–H groups in total. The van der Waals surface area contributed by atoms with E-state index in [4.69, 9.17) is 4.74 Å². The topological polar surface area (TPSA) is 107 Å². The van der Waals surface area contributed by atoms with Gasteiger partial charge in [-0.25, -0.2) is 4.79 Å². The lowest BCUT2D eigenvalue weighted by Crippen LogP contribution is -2.67. The Balaban J connectivity index is 1.41. The van der Waals surface area contributed by atoms with Crippen LogP contribution in [0, 0.1) is 5.92 Å². The molecule has 0 bridgehead atoms. The van der Waals surface area contributed by atoms with E-state index in [9.17, 15) is 24.3 Å². The minimum atomic E-state index is -1.48. The lowest BCUT2D eigenvalue weighted by Gasteiger charge is -2.46. The summed E-state index contributed by atoms with van der Waals surface area (Å²) < 4.78 is 4.87. The number of rotatable bonds is 6. The molecule has 1 aromatic carbocycles. The summed E-state index contributed by atoms with van der Waals surface area (Å²) >= 11 is 1.40. The highest BCUT2D eigenvalue weighted by Crippen LogP contribution is 2.54. The van der Waals surface area contributed by atoms with Gasteiger partial charge in [0, 0.05) is 30.9 Å². The molecule has 0 aromatic heterocycles. The summed E-state index contributed by atoms with van der Waals surface area (Å²) in [5, 5.41) is 10.3. The third-order valence-electron chi connectivity index (χ3n) is 6.30. The fourth-order valence-corrected chi connectivity index (χ4v) is 6.22. The van der Waals surface area contributed by atoms with E-state index in [1.807, 2.05) is 44.2 Å². The van der Waals surface area contributed by atoms with Gasteiger partial charge in [-0.2, -0.15) is 0 Å². The molecule has 4 rings (SSSR count). The van der Waals surface area contributed by atoms with Gasteiger partial charge in [0.15, 0.2) is 0 Å². The molecule has 1 aromatic rings. The summed E-state index contributed by atoms with van der Waals surface area (Å²) in [6.07, 6.45) is -0.742. The highest BCUT2D eigenvalue weighted by Gasteiger charge is 2.66. The number of ether oxygens (including phenoxy) is 1. The number of nitrogens with zero attached hydrogens (tertiary/aromatic N) is 3. The summed E-state index contributed by atoms with van der Waals surface area (Å²) in [6.45, 7) is 5.26. The van der Waals surface area contributed by atoms with Crippen LogP contribution in [-0.4, -0.2) is 92.4 Å². The monoisotopic (exact) mass is 461 g/mol. The molecule has 3 aliphatic rings. The van der Waals surface area contributed by atoms with Crippen LogP contribution in [0.4, 0.5) is 0 Å². The zero-order valence-corrected chi connectivity index (χ0v) is 18.9. The number of amides is 3. The van der Waals surface area contributed by atoms with Crippen LogP contribution in [0.3, 0.4) is 0 Å². The van der Waals surface area contributed by atoms with Gasteiger partial charge in [0.1, 0.15) is 24.7 Å². The number of carbonyl (C=O) groups is 4. The summed E-state index contributed by atoms with van der Waals surface area (Å²) in [5.41, 5.74) is 0.851. The van der Waals surface area contributed by atoms with Crippen molar-refractivity contribution in [2.45, 2.75) is 42.7 Å². The molecule has 0 radical (unpaired) electrons. The minimum Gasteiger partial charge on any atom is -0.459 e. The summed E-state index contributed by atoms with van der Waals surface area (Å²) in [5.74, 6) is -2.32. The van der Waals surface area contributed by atoms with E-state index in [2.05, 4.69) is 0 Å². The lowest BCUT2D eigenvalue weighted by molar-refractivity contribution is -0.175. The average Bonchev–Trinajstić information content (AvgIpc) is 3.04. The van der Waals surface area contributed by atoms with E-state index in [-0.39, 0.29) is 6.61 Å². The van der Waals surface area contributed by atoms with Gasteiger partial charge >= 0.3 is 5.97 Å². The molecule has 3 heterocycles. The predicted molar refractivity (Wildman–Crippen MR) is 116 cm³/mol. The Morgan fingerprint density at radius 3 is 2.50 bits per heavy atom. The van der Waals surface area contributed by atoms with Crippen LogP contribution < -0.4 is 0 Å². The normalized spacial score (nSPS) is 27.4. The maximum absolute atomic E-state index is 13.0. The summed E-state index contributed by atoms with van der Waals surface area (Å²) in [6, 6.07) is 8.51. The van der Waals surface area contributed by atoms with E-state index in [0.29, 0.717) is 26.2 Å². The minimum absolute atomic E-state index is 0.112. The largest absolute Gasteiger partial charge is 0.459 e. The highest BCUT2D eigenvalue weighted by molar-refractivity contribution is 8.01. The standard InChI is InChI=1S/C22H27N3O6S/c1-22(2)17(21(30)31-12-14-6-4-3-5-7-14)25-18(28)15(20(25)32-22)16(27)19(29)24-10-8-23(13-26)9-11-24/h3-7,13,15-17,20,27H,8-12H2,1-2H3/t15-,16+,17+,20-/m1/s1. The van der Waals surface area contributed by atoms with E-state index in [1.165, 1.54) is 21.6 Å². The van der Waals surface area contributed by atoms with Gasteiger partial charge in [0.05, 0.1) is 5.37 Å². The Bertz CT molecular complexity index is 902. The number of fused-ring (bicyclic) bond motifs is 1. The molecule has 3 aliphatic heterocycles. The van der Waals surface area contributed by atoms with E-state index in [0.717, 1.165) is 12.0 Å². The van der Waals surface area contributed by atoms with Gasteiger partial charge in [-0.1, -0.05) is 30.3 Å². The number of thioether (sulfide) groups is 1. The van der Waals surface area contributed by atoms with Gasteiger partial charge in [0.2, 0.25) is 12.3 Å². The van der Waals surface area contributed by atoms with Crippen LogP contribution in [0.1, 0.15) is 19.4 Å². The molecular weight excluding hydrogens is 434 g/mol. The molecule has 10 heteroatoms. The van der Waals surface area contributed by atoms with Crippen molar-refractivity contribution in [3.05, 3.63) is 35.9 Å². The first-order valence-corrected chi connectivity index (χ1v) is 11.5. The highest BCUT2D eigenvalue weighted by atomic mass is 32.2. The Hall–Kier alpha value is -2.59. The third kappa shape index (κ3) is 3.97. The van der Waals surface area contributed by atoms with Crippen molar-refractivity contribution in [1.29, 1.82) is 0 Å². The zero-order chi connectivity index (χ0) is 23.0. The van der Waals surface area contributed by atoms with Crippen LogP contribution in [0.25, 0.3) is 0 Å². The average molecular weight is 462 g/mol. The molecule has 172 valence electrons. The second kappa shape index (κ2) is 8.74. The Morgan fingerprint density at radius 2 is 1.88 bits per heavy atom. The Morgan fingerprint density at radius 1 is 1.22 bits per heavy atom. The SMILES string of the molecule is CC1(C)S[C@@H]2[C@H]([C@H](O)C(=O)N3CCN(C=O)CC3)C(=O)N2[C@H]1C(=O)OCc1ccccc1. The van der Waals surface area contributed by atoms with Crippen LogP contribution in [0.15, 0.2) is 30.3 Å². The Labute approximate surface area is 190 Å². The smallest absolute Gasteiger partial charge is 0.330 e. The molecule has 3 amide bonds. The molecule has 4 atom stereocenters. The van der Waals surface area contributed by atoms with Crippen molar-refractivity contribution in [2.75, 3.05) is 26.2 Å². The number of esters is 1. The number of hydrogen-bond donors (Lipinski definition) is 1. The zero-order valence-electron chi connectivity index (χ0n) is 18.0. The van der Waals surface area contributed by atoms with Gasteiger partial charge in [0.25, 0.3) is 5.91 Å². The number of benzene rings is 1. The van der Waals surface area contributed by atoms with Gasteiger partial charge in [-0.15, -0.1) is 11.8 Å². The first kappa shape index (κ1) is 22.6. The molecule has 3 fully saturated rings. The van der Waals surface area contributed by atoms with Crippen LogP contribution >= 0.6 is 11.8 Å². The van der Waals surface area contributed by atoms with Crippen molar-refractivity contribution in [2.24, 2.45) is 5.92 Å². The van der Waals surface area contributed by atoms with Gasteiger partial charge in [-0.3, -0.25) is 14.4 Å². The molecule has 0 saturated carbocycles. The predicted octanol–water partition coefficient (Wildman–Crippen LogP) is 0.0698. The van der Waals surface area contributed by atoms with E-state index in [1.54, 1.807) is 4.90 Å². The van der Waals surface area contributed by atoms with Crippen molar-refractivity contribution >= 4 is 36.0 Å². The number of aliphatic hydroxyl groups excluding tert-OH is 1. The molecule has 0 spiro atoms. The second-order valence-corrected chi connectivity index (χ2v) is 10.6. The first-order valence-electron chi connectivity index (χ1n) is 10.6. The molecule has 9 nitrogen and oxygen atoms in total. The lowest BCUT2D eigenvalue weighted by atomic mass is 9.87. The molecular formula is C22H27N3O6S. The number of piperazine rings is 1. The van der Waals surface area contributed by atoms with Crippen molar-refractivity contribution in [3.8, 4) is 0 Å². The molecule has 3 saturated heterocycles. The molecule has 0 aliphatic carbocycles. The van der Waals surface area contributed by atoms with Gasteiger partial charge < -0.3 is 24.5 Å². The third-order valence-corrected chi connectivity index (χ3v) is 7.89. The van der Waals surface area contributed by atoms with Crippen LogP contribution in [0.5, 0.6) is 0 Å². The first-order chi connectivity index (χ1) is 15.2. The number of carbonyl (C=O) groups excluding carboxylic acids is 4. The van der Waals surface area contributed by atoms with Crippen molar-refractivity contribution < 1.29 is 29.0 Å². The quantitative estimate of drug-likeness (QED) is 0.363. The van der Waals surface area contributed by atoms with Crippen molar-refractivity contribution in [3.63, 3.8) is 0 Å².